The molecule has 0 fully saturated rings. The van der Waals surface area contributed by atoms with E-state index in [2.05, 4.69) is 21.0 Å². The van der Waals surface area contributed by atoms with Crippen LogP contribution in [0.1, 0.15) is 24.7 Å². The van der Waals surface area contributed by atoms with E-state index >= 15 is 0 Å². The molecule has 3 nitrogen and oxygen atoms in total. The third-order valence-electron chi connectivity index (χ3n) is 2.05. The van der Waals surface area contributed by atoms with E-state index in [1.807, 2.05) is 18.5 Å². The molecule has 0 aromatic carbocycles. The Morgan fingerprint density at radius 1 is 1.54 bits per heavy atom. The summed E-state index contributed by atoms with van der Waals surface area (Å²) in [7, 11) is 0. The van der Waals surface area contributed by atoms with Crippen LogP contribution in [0.2, 0.25) is 0 Å². The minimum Gasteiger partial charge on any atom is -0.393 e. The Bertz CT molecular complexity index is 294. The van der Waals surface area contributed by atoms with E-state index in [0.29, 0.717) is 0 Å². The highest BCUT2D eigenvalue weighted by Gasteiger charge is 2.08. The Labute approximate surface area is 86.9 Å². The van der Waals surface area contributed by atoms with Crippen molar-refractivity contribution in [3.05, 3.63) is 15.9 Å². The molecule has 0 saturated heterocycles. The summed E-state index contributed by atoms with van der Waals surface area (Å²) in [5.41, 5.74) is 2.13. The molecule has 74 valence electrons. The molecule has 0 amide bonds. The highest BCUT2D eigenvalue weighted by molar-refractivity contribution is 9.10. The Morgan fingerprint density at radius 3 is 2.54 bits per heavy atom. The van der Waals surface area contributed by atoms with Crippen LogP contribution in [0.5, 0.6) is 0 Å². The van der Waals surface area contributed by atoms with Gasteiger partial charge in [-0.05, 0) is 43.1 Å². The zero-order valence-corrected chi connectivity index (χ0v) is 9.80. The lowest BCUT2D eigenvalue weighted by molar-refractivity contribution is 0.176. The second-order valence-corrected chi connectivity index (χ2v) is 4.14. The molecule has 13 heavy (non-hydrogen) atoms. The molecule has 0 aliphatic rings. The largest absolute Gasteiger partial charge is 0.393 e. The average molecular weight is 247 g/mol. The van der Waals surface area contributed by atoms with Gasteiger partial charge in [-0.3, -0.25) is 4.68 Å². The normalized spacial score (nSPS) is 13.3. The van der Waals surface area contributed by atoms with Crippen LogP contribution in [0, 0.1) is 13.8 Å². The van der Waals surface area contributed by atoms with Crippen LogP contribution in [0.15, 0.2) is 4.47 Å². The van der Waals surface area contributed by atoms with Crippen molar-refractivity contribution in [1.82, 2.24) is 9.78 Å². The van der Waals surface area contributed by atoms with Gasteiger partial charge in [-0.25, -0.2) is 0 Å². The van der Waals surface area contributed by atoms with Gasteiger partial charge in [0.05, 0.1) is 16.3 Å². The summed E-state index contributed by atoms with van der Waals surface area (Å²) in [6, 6.07) is 0. The number of aryl methyl sites for hydroxylation is 2. The second kappa shape index (κ2) is 4.24. The summed E-state index contributed by atoms with van der Waals surface area (Å²) in [5.74, 6) is 0. The van der Waals surface area contributed by atoms with Gasteiger partial charge in [0, 0.05) is 12.2 Å². The first kappa shape index (κ1) is 10.7. The maximum absolute atomic E-state index is 9.13. The van der Waals surface area contributed by atoms with Gasteiger partial charge in [0.2, 0.25) is 0 Å². The highest BCUT2D eigenvalue weighted by atomic mass is 79.9. The van der Waals surface area contributed by atoms with Crippen LogP contribution in [0.3, 0.4) is 0 Å². The van der Waals surface area contributed by atoms with Crippen molar-refractivity contribution >= 4 is 15.9 Å². The van der Waals surface area contributed by atoms with Crippen molar-refractivity contribution < 1.29 is 5.11 Å². The lowest BCUT2D eigenvalue weighted by atomic mass is 10.3. The number of aliphatic hydroxyl groups excluding tert-OH is 1. The lowest BCUT2D eigenvalue weighted by Crippen LogP contribution is -2.09. The summed E-state index contributed by atoms with van der Waals surface area (Å²) >= 11 is 3.46. The van der Waals surface area contributed by atoms with Crippen LogP contribution in [-0.2, 0) is 6.54 Å². The van der Waals surface area contributed by atoms with E-state index in [4.69, 9.17) is 5.11 Å². The number of aromatic nitrogens is 2. The zero-order valence-electron chi connectivity index (χ0n) is 8.21. The molecular weight excluding hydrogens is 232 g/mol. The average Bonchev–Trinajstić information content (AvgIpc) is 2.29. The van der Waals surface area contributed by atoms with Gasteiger partial charge in [-0.2, -0.15) is 5.10 Å². The molecule has 1 aromatic rings. The molecule has 4 heteroatoms. The van der Waals surface area contributed by atoms with Crippen molar-refractivity contribution in [2.75, 3.05) is 0 Å². The van der Waals surface area contributed by atoms with E-state index in [-0.39, 0.29) is 6.10 Å². The number of rotatable bonds is 3. The third-order valence-corrected chi connectivity index (χ3v) is 3.20. The number of nitrogens with zero attached hydrogens (tertiary/aromatic N) is 2. The zero-order chi connectivity index (χ0) is 10.0. The quantitative estimate of drug-likeness (QED) is 0.887. The number of aliphatic hydroxyl groups is 1. The van der Waals surface area contributed by atoms with E-state index in [9.17, 15) is 0 Å². The predicted molar refractivity (Wildman–Crippen MR) is 55.7 cm³/mol. The summed E-state index contributed by atoms with van der Waals surface area (Å²) in [4.78, 5) is 0. The first-order chi connectivity index (χ1) is 6.02. The molecule has 1 atom stereocenters. The Balaban J connectivity index is 2.72. The molecule has 0 aliphatic heterocycles. The van der Waals surface area contributed by atoms with Gasteiger partial charge in [0.25, 0.3) is 0 Å². The van der Waals surface area contributed by atoms with Crippen LogP contribution in [0.4, 0.5) is 0 Å². The van der Waals surface area contributed by atoms with Gasteiger partial charge in [-0.1, -0.05) is 0 Å². The first-order valence-electron chi connectivity index (χ1n) is 4.40. The van der Waals surface area contributed by atoms with Crippen molar-refractivity contribution in [2.45, 2.75) is 39.8 Å². The molecular formula is C9H15BrN2O. The van der Waals surface area contributed by atoms with Gasteiger partial charge >= 0.3 is 0 Å². The summed E-state index contributed by atoms with van der Waals surface area (Å²) in [5, 5.41) is 13.5. The number of halogens is 1. The SMILES string of the molecule is Cc1nn(CCC(C)O)c(C)c1Br. The van der Waals surface area contributed by atoms with Crippen LogP contribution >= 0.6 is 15.9 Å². The lowest BCUT2D eigenvalue weighted by Gasteiger charge is -2.05. The van der Waals surface area contributed by atoms with Crippen LogP contribution in [0.25, 0.3) is 0 Å². The molecule has 1 N–H and O–H groups in total. The maximum Gasteiger partial charge on any atom is 0.0738 e. The van der Waals surface area contributed by atoms with Crippen LogP contribution in [-0.4, -0.2) is 21.0 Å². The summed E-state index contributed by atoms with van der Waals surface area (Å²) in [6.07, 6.45) is 0.483. The standard InChI is InChI=1S/C9H15BrN2O/c1-6(13)4-5-12-8(3)9(10)7(2)11-12/h6,13H,4-5H2,1-3H3. The first-order valence-corrected chi connectivity index (χ1v) is 5.19. The predicted octanol–water partition coefficient (Wildman–Crippen LogP) is 2.03. The second-order valence-electron chi connectivity index (χ2n) is 3.35. The number of hydrogen-bond acceptors (Lipinski definition) is 2. The minimum absolute atomic E-state index is 0.261. The smallest absolute Gasteiger partial charge is 0.0738 e. The molecule has 0 spiro atoms. The van der Waals surface area contributed by atoms with Crippen molar-refractivity contribution in [3.63, 3.8) is 0 Å². The maximum atomic E-state index is 9.13. The molecule has 1 heterocycles. The number of hydrogen-bond donors (Lipinski definition) is 1. The van der Waals surface area contributed by atoms with Crippen molar-refractivity contribution in [1.29, 1.82) is 0 Å². The van der Waals surface area contributed by atoms with Gasteiger partial charge in [-0.15, -0.1) is 0 Å². The molecule has 0 radical (unpaired) electrons. The topological polar surface area (TPSA) is 38.0 Å². The fraction of sp³-hybridized carbons (Fsp3) is 0.667. The van der Waals surface area contributed by atoms with E-state index in [0.717, 1.165) is 28.8 Å². The van der Waals surface area contributed by atoms with Crippen molar-refractivity contribution in [3.8, 4) is 0 Å². The third kappa shape index (κ3) is 2.54. The minimum atomic E-state index is -0.261. The fourth-order valence-electron chi connectivity index (χ4n) is 1.20. The van der Waals surface area contributed by atoms with Gasteiger partial charge in [0.15, 0.2) is 0 Å². The Hall–Kier alpha value is -0.350. The monoisotopic (exact) mass is 246 g/mol. The summed E-state index contributed by atoms with van der Waals surface area (Å²) in [6.45, 7) is 6.55. The van der Waals surface area contributed by atoms with E-state index in [1.165, 1.54) is 0 Å². The molecule has 0 aliphatic carbocycles. The Morgan fingerprint density at radius 2 is 2.15 bits per heavy atom. The van der Waals surface area contributed by atoms with Crippen molar-refractivity contribution in [2.24, 2.45) is 0 Å². The van der Waals surface area contributed by atoms with E-state index < -0.39 is 0 Å². The summed E-state index contributed by atoms with van der Waals surface area (Å²) < 4.78 is 2.99. The molecule has 0 saturated carbocycles. The van der Waals surface area contributed by atoms with Gasteiger partial charge < -0.3 is 5.11 Å². The molecule has 1 unspecified atom stereocenters. The fourth-order valence-corrected chi connectivity index (χ4v) is 1.49. The van der Waals surface area contributed by atoms with Crippen LogP contribution < -0.4 is 0 Å². The Kier molecular flexibility index (Phi) is 3.50. The van der Waals surface area contributed by atoms with Gasteiger partial charge in [0.1, 0.15) is 0 Å². The molecule has 0 bridgehead atoms. The van der Waals surface area contributed by atoms with E-state index in [1.54, 1.807) is 6.92 Å². The molecule has 1 rings (SSSR count). The highest BCUT2D eigenvalue weighted by Crippen LogP contribution is 2.19. The molecule has 1 aromatic heterocycles.